The number of nitriles is 1. The van der Waals surface area contributed by atoms with Crippen LogP contribution in [0.4, 0.5) is 4.39 Å². The molecule has 0 aliphatic heterocycles. The number of ketones is 1. The minimum absolute atomic E-state index is 0.00877. The Hall–Kier alpha value is -3.53. The first-order valence-electron chi connectivity index (χ1n) is 8.71. The standard InChI is InChI=1S/C21H19FN4O2/c1-12-8-18(15(4)26(12)17-7-5-6-16(22)9-17)20(27)11-25-21(28)19(10-23)13(2)14(3)24-25/h5-9H,11H2,1-4H3. The summed E-state index contributed by atoms with van der Waals surface area (Å²) in [5.41, 5.74) is 2.89. The molecule has 0 saturated carbocycles. The molecule has 0 radical (unpaired) electrons. The second kappa shape index (κ2) is 7.24. The van der Waals surface area contributed by atoms with Crippen LogP contribution in [0, 0.1) is 44.8 Å². The van der Waals surface area contributed by atoms with Gasteiger partial charge in [0.15, 0.2) is 5.78 Å². The summed E-state index contributed by atoms with van der Waals surface area (Å²) in [5.74, 6) is -0.676. The minimum atomic E-state index is -0.585. The Kier molecular flexibility index (Phi) is 4.97. The molecule has 0 aliphatic rings. The van der Waals surface area contributed by atoms with Crippen LogP contribution in [0.15, 0.2) is 35.1 Å². The Morgan fingerprint density at radius 3 is 2.57 bits per heavy atom. The minimum Gasteiger partial charge on any atom is -0.318 e. The molecule has 0 bridgehead atoms. The Balaban J connectivity index is 2.02. The van der Waals surface area contributed by atoms with E-state index >= 15 is 0 Å². The number of carbonyl (C=O) groups is 1. The van der Waals surface area contributed by atoms with Gasteiger partial charge in [0.1, 0.15) is 24.0 Å². The summed E-state index contributed by atoms with van der Waals surface area (Å²) in [6.45, 7) is 6.65. The van der Waals surface area contributed by atoms with Crippen molar-refractivity contribution in [3.63, 3.8) is 0 Å². The summed E-state index contributed by atoms with van der Waals surface area (Å²) < 4.78 is 16.4. The monoisotopic (exact) mass is 378 g/mol. The van der Waals surface area contributed by atoms with Crippen molar-refractivity contribution >= 4 is 5.78 Å². The fourth-order valence-corrected chi connectivity index (χ4v) is 3.29. The summed E-state index contributed by atoms with van der Waals surface area (Å²) in [6.07, 6.45) is 0. The molecule has 142 valence electrons. The molecule has 2 aromatic heterocycles. The Labute approximate surface area is 161 Å². The molecule has 0 aliphatic carbocycles. The molecule has 0 N–H and O–H groups in total. The van der Waals surface area contributed by atoms with Crippen molar-refractivity contribution in [1.82, 2.24) is 14.3 Å². The fraction of sp³-hybridized carbons (Fsp3) is 0.238. The Morgan fingerprint density at radius 2 is 1.93 bits per heavy atom. The van der Waals surface area contributed by atoms with E-state index in [4.69, 9.17) is 0 Å². The van der Waals surface area contributed by atoms with Crippen molar-refractivity contribution in [1.29, 1.82) is 5.26 Å². The van der Waals surface area contributed by atoms with E-state index < -0.39 is 5.56 Å². The van der Waals surface area contributed by atoms with Gasteiger partial charge < -0.3 is 4.57 Å². The SMILES string of the molecule is Cc1nn(CC(=O)c2cc(C)n(-c3cccc(F)c3)c2C)c(=O)c(C#N)c1C. The van der Waals surface area contributed by atoms with Crippen molar-refractivity contribution in [2.75, 3.05) is 0 Å². The first-order chi connectivity index (χ1) is 13.2. The topological polar surface area (TPSA) is 80.7 Å². The van der Waals surface area contributed by atoms with Crippen LogP contribution in [0.25, 0.3) is 5.69 Å². The van der Waals surface area contributed by atoms with Gasteiger partial charge >= 0.3 is 0 Å². The summed E-state index contributed by atoms with van der Waals surface area (Å²) in [6, 6.07) is 9.70. The maximum Gasteiger partial charge on any atom is 0.285 e. The highest BCUT2D eigenvalue weighted by Crippen LogP contribution is 2.22. The van der Waals surface area contributed by atoms with E-state index in [1.807, 2.05) is 13.0 Å². The third kappa shape index (κ3) is 3.25. The molecule has 0 spiro atoms. The lowest BCUT2D eigenvalue weighted by Crippen LogP contribution is -2.30. The lowest BCUT2D eigenvalue weighted by Gasteiger charge is -2.11. The van der Waals surface area contributed by atoms with Crippen LogP contribution in [0.3, 0.4) is 0 Å². The van der Waals surface area contributed by atoms with Crippen LogP contribution >= 0.6 is 0 Å². The van der Waals surface area contributed by atoms with E-state index in [0.29, 0.717) is 28.2 Å². The second-order valence-corrected chi connectivity index (χ2v) is 6.68. The van der Waals surface area contributed by atoms with Crippen LogP contribution < -0.4 is 5.56 Å². The van der Waals surface area contributed by atoms with Crippen LogP contribution in [0.1, 0.15) is 38.6 Å². The van der Waals surface area contributed by atoms with E-state index in [2.05, 4.69) is 5.10 Å². The van der Waals surface area contributed by atoms with E-state index in [1.165, 1.54) is 12.1 Å². The second-order valence-electron chi connectivity index (χ2n) is 6.68. The molecular weight excluding hydrogens is 359 g/mol. The lowest BCUT2D eigenvalue weighted by atomic mass is 10.1. The van der Waals surface area contributed by atoms with E-state index in [1.54, 1.807) is 43.5 Å². The van der Waals surface area contributed by atoms with Crippen molar-refractivity contribution in [2.45, 2.75) is 34.2 Å². The molecule has 1 aromatic carbocycles. The zero-order valence-corrected chi connectivity index (χ0v) is 16.1. The highest BCUT2D eigenvalue weighted by molar-refractivity contribution is 5.97. The quantitative estimate of drug-likeness (QED) is 0.653. The van der Waals surface area contributed by atoms with E-state index in [-0.39, 0.29) is 23.7 Å². The molecular formula is C21H19FN4O2. The molecule has 7 heteroatoms. The van der Waals surface area contributed by atoms with Crippen molar-refractivity contribution in [3.8, 4) is 11.8 Å². The highest BCUT2D eigenvalue weighted by atomic mass is 19.1. The summed E-state index contributed by atoms with van der Waals surface area (Å²) in [7, 11) is 0. The first kappa shape index (κ1) is 19.2. The van der Waals surface area contributed by atoms with Crippen molar-refractivity contribution in [2.24, 2.45) is 0 Å². The van der Waals surface area contributed by atoms with Gasteiger partial charge in [-0.25, -0.2) is 9.07 Å². The van der Waals surface area contributed by atoms with Gasteiger partial charge in [-0.1, -0.05) is 6.07 Å². The molecule has 0 unspecified atom stereocenters. The zero-order chi connectivity index (χ0) is 20.6. The molecule has 28 heavy (non-hydrogen) atoms. The number of aryl methyl sites for hydroxylation is 2. The molecule has 3 aromatic rings. The van der Waals surface area contributed by atoms with Gasteiger partial charge in [-0.3, -0.25) is 9.59 Å². The number of halogens is 1. The predicted octanol–water partition coefficient (Wildman–Crippen LogP) is 3.16. The average molecular weight is 378 g/mol. The Morgan fingerprint density at radius 1 is 1.21 bits per heavy atom. The molecule has 0 amide bonds. The first-order valence-corrected chi connectivity index (χ1v) is 8.71. The predicted molar refractivity (Wildman–Crippen MR) is 102 cm³/mol. The number of nitrogens with zero attached hydrogens (tertiary/aromatic N) is 4. The van der Waals surface area contributed by atoms with E-state index in [9.17, 15) is 19.2 Å². The van der Waals surface area contributed by atoms with Crippen LogP contribution in [-0.2, 0) is 6.54 Å². The summed E-state index contributed by atoms with van der Waals surface area (Å²) in [4.78, 5) is 25.3. The lowest BCUT2D eigenvalue weighted by molar-refractivity contribution is 0.0965. The van der Waals surface area contributed by atoms with Crippen LogP contribution in [0.5, 0.6) is 0 Å². The van der Waals surface area contributed by atoms with Gasteiger partial charge in [-0.2, -0.15) is 10.4 Å². The maximum atomic E-state index is 13.6. The average Bonchev–Trinajstić information content (AvgIpc) is 2.94. The highest BCUT2D eigenvalue weighted by Gasteiger charge is 2.20. The number of aromatic nitrogens is 3. The number of Topliss-reactive ketones (excluding diaryl/α,β-unsaturated/α-hetero) is 1. The summed E-state index contributed by atoms with van der Waals surface area (Å²) >= 11 is 0. The van der Waals surface area contributed by atoms with Crippen molar-refractivity contribution in [3.05, 3.63) is 80.3 Å². The van der Waals surface area contributed by atoms with Gasteiger partial charge in [0.25, 0.3) is 5.56 Å². The molecule has 3 rings (SSSR count). The number of benzene rings is 1. The van der Waals surface area contributed by atoms with Crippen LogP contribution in [-0.4, -0.2) is 20.1 Å². The number of hydrogen-bond acceptors (Lipinski definition) is 4. The van der Waals surface area contributed by atoms with Gasteiger partial charge in [-0.05, 0) is 57.5 Å². The fourth-order valence-electron chi connectivity index (χ4n) is 3.29. The van der Waals surface area contributed by atoms with Crippen LogP contribution in [0.2, 0.25) is 0 Å². The smallest absolute Gasteiger partial charge is 0.285 e. The zero-order valence-electron chi connectivity index (χ0n) is 16.1. The van der Waals surface area contributed by atoms with E-state index in [0.717, 1.165) is 10.4 Å². The number of hydrogen-bond donors (Lipinski definition) is 0. The van der Waals surface area contributed by atoms with Gasteiger partial charge in [0.2, 0.25) is 0 Å². The van der Waals surface area contributed by atoms with Crippen molar-refractivity contribution < 1.29 is 9.18 Å². The molecule has 6 nitrogen and oxygen atoms in total. The normalized spacial score (nSPS) is 10.7. The molecule has 0 atom stereocenters. The van der Waals surface area contributed by atoms with Gasteiger partial charge in [-0.15, -0.1) is 0 Å². The number of carbonyl (C=O) groups excluding carboxylic acids is 1. The molecule has 0 saturated heterocycles. The molecule has 2 heterocycles. The third-order valence-electron chi connectivity index (χ3n) is 4.84. The number of rotatable bonds is 4. The largest absolute Gasteiger partial charge is 0.318 e. The van der Waals surface area contributed by atoms with Gasteiger partial charge in [0.05, 0.1) is 5.69 Å². The molecule has 0 fully saturated rings. The maximum absolute atomic E-state index is 13.6. The Bertz CT molecular complexity index is 1200. The summed E-state index contributed by atoms with van der Waals surface area (Å²) in [5, 5.41) is 13.4. The third-order valence-corrected chi connectivity index (χ3v) is 4.84. The van der Waals surface area contributed by atoms with Gasteiger partial charge in [0, 0.05) is 22.6 Å².